The van der Waals surface area contributed by atoms with Crippen LogP contribution in [0.2, 0.25) is 0 Å². The normalized spacial score (nSPS) is 18.9. The third kappa shape index (κ3) is 4.17. The molecule has 3 rings (SSSR count). The fraction of sp³-hybridized carbons (Fsp3) is 0.500. The molecule has 1 fully saturated rings. The summed E-state index contributed by atoms with van der Waals surface area (Å²) in [7, 11) is 0. The molecule has 0 spiro atoms. The molecule has 5 nitrogen and oxygen atoms in total. The van der Waals surface area contributed by atoms with Crippen molar-refractivity contribution in [3.05, 3.63) is 22.6 Å². The topological polar surface area (TPSA) is 70.7 Å². The zero-order chi connectivity index (χ0) is 13.9. The van der Waals surface area contributed by atoms with E-state index in [0.717, 1.165) is 53.6 Å². The average molecular weight is 374 g/mol. The summed E-state index contributed by atoms with van der Waals surface area (Å²) in [5.41, 5.74) is 1.69. The molecule has 1 aliphatic heterocycles. The Labute approximate surface area is 137 Å². The minimum atomic E-state index is 0. The molecule has 1 atom stereocenters. The van der Waals surface area contributed by atoms with Crippen molar-refractivity contribution in [2.75, 3.05) is 0 Å². The number of fused-ring (bicyclic) bond motifs is 1. The summed E-state index contributed by atoms with van der Waals surface area (Å²) in [4.78, 5) is 23.6. The third-order valence-corrected chi connectivity index (χ3v) is 4.09. The van der Waals surface area contributed by atoms with E-state index in [1.54, 1.807) is 6.20 Å². The highest BCUT2D eigenvalue weighted by Crippen LogP contribution is 2.17. The van der Waals surface area contributed by atoms with Crippen molar-refractivity contribution in [1.82, 2.24) is 20.3 Å². The van der Waals surface area contributed by atoms with Gasteiger partial charge < -0.3 is 10.3 Å². The number of imidazole rings is 1. The Morgan fingerprint density at radius 2 is 2.24 bits per heavy atom. The lowest BCUT2D eigenvalue weighted by atomic mass is 10.1. The van der Waals surface area contributed by atoms with E-state index in [1.165, 1.54) is 0 Å². The molecule has 7 heteroatoms. The van der Waals surface area contributed by atoms with E-state index in [1.807, 2.05) is 6.07 Å². The van der Waals surface area contributed by atoms with E-state index < -0.39 is 0 Å². The van der Waals surface area contributed by atoms with Gasteiger partial charge in [0.25, 0.3) is 0 Å². The van der Waals surface area contributed by atoms with Crippen molar-refractivity contribution in [3.63, 3.8) is 0 Å². The second kappa shape index (κ2) is 7.22. The zero-order valence-corrected chi connectivity index (χ0v) is 14.0. The number of H-pyrrole nitrogens is 1. The molecule has 1 amide bonds. The van der Waals surface area contributed by atoms with Crippen LogP contribution in [0.15, 0.2) is 16.7 Å². The molecule has 0 unspecified atom stereocenters. The minimum Gasteiger partial charge on any atom is -0.353 e. The molecule has 0 saturated carbocycles. The average Bonchev–Trinajstić information content (AvgIpc) is 2.70. The van der Waals surface area contributed by atoms with Gasteiger partial charge in [-0.25, -0.2) is 9.97 Å². The number of aryl methyl sites for hydroxylation is 1. The molecular formula is C14H18BrClN4O. The number of hydrogen-bond acceptors (Lipinski definition) is 3. The maximum Gasteiger partial charge on any atom is 0.220 e. The van der Waals surface area contributed by atoms with Crippen LogP contribution in [-0.2, 0) is 11.2 Å². The zero-order valence-electron chi connectivity index (χ0n) is 11.6. The quantitative estimate of drug-likeness (QED) is 0.868. The predicted octanol–water partition coefficient (Wildman–Crippen LogP) is 3.13. The molecule has 0 aromatic carbocycles. The first-order valence-electron chi connectivity index (χ1n) is 7.00. The fourth-order valence-electron chi connectivity index (χ4n) is 2.62. The van der Waals surface area contributed by atoms with Crippen LogP contribution in [-0.4, -0.2) is 26.9 Å². The van der Waals surface area contributed by atoms with Crippen LogP contribution >= 0.6 is 28.3 Å². The van der Waals surface area contributed by atoms with Crippen LogP contribution in [0.25, 0.3) is 11.2 Å². The fourth-order valence-corrected chi connectivity index (χ4v) is 2.95. The van der Waals surface area contributed by atoms with Crippen molar-refractivity contribution in [1.29, 1.82) is 0 Å². The second-order valence-corrected chi connectivity index (χ2v) is 6.17. The number of nitrogens with zero attached hydrogens (tertiary/aromatic N) is 2. The molecule has 1 saturated heterocycles. The van der Waals surface area contributed by atoms with Crippen molar-refractivity contribution in [3.8, 4) is 0 Å². The number of amides is 1. The van der Waals surface area contributed by atoms with Gasteiger partial charge in [-0.1, -0.05) is 6.42 Å². The number of rotatable bonds is 3. The molecule has 0 bridgehead atoms. The van der Waals surface area contributed by atoms with Crippen LogP contribution in [0.4, 0.5) is 0 Å². The standard InChI is InChI=1S/C14H17BrN4O.ClH/c15-9-7-11-14(16-8-9)19-12(18-11)6-5-10-3-1-2-4-13(20)17-10;/h7-8,10H,1-6H2,(H,17,20)(H,16,18,19);1H/t10-;/m1./s1. The van der Waals surface area contributed by atoms with E-state index in [4.69, 9.17) is 0 Å². The van der Waals surface area contributed by atoms with Crippen molar-refractivity contribution in [2.24, 2.45) is 0 Å². The summed E-state index contributed by atoms with van der Waals surface area (Å²) in [6.45, 7) is 0. The van der Waals surface area contributed by atoms with Crippen LogP contribution in [0.1, 0.15) is 37.9 Å². The van der Waals surface area contributed by atoms with Gasteiger partial charge in [-0.05, 0) is 41.3 Å². The molecule has 0 radical (unpaired) electrons. The summed E-state index contributed by atoms with van der Waals surface area (Å²) >= 11 is 3.40. The van der Waals surface area contributed by atoms with Gasteiger partial charge >= 0.3 is 0 Å². The van der Waals surface area contributed by atoms with Gasteiger partial charge in [-0.2, -0.15) is 0 Å². The van der Waals surface area contributed by atoms with Crippen LogP contribution in [0.3, 0.4) is 0 Å². The van der Waals surface area contributed by atoms with Gasteiger partial charge in [0.15, 0.2) is 5.65 Å². The van der Waals surface area contributed by atoms with Crippen molar-refractivity contribution >= 4 is 45.4 Å². The highest BCUT2D eigenvalue weighted by Gasteiger charge is 2.16. The first-order chi connectivity index (χ1) is 9.70. The number of hydrogen-bond donors (Lipinski definition) is 2. The van der Waals surface area contributed by atoms with E-state index in [2.05, 4.69) is 36.2 Å². The molecule has 3 heterocycles. The third-order valence-electron chi connectivity index (χ3n) is 3.65. The summed E-state index contributed by atoms with van der Waals surface area (Å²) in [5, 5.41) is 3.09. The summed E-state index contributed by atoms with van der Waals surface area (Å²) in [6, 6.07) is 2.25. The Morgan fingerprint density at radius 1 is 1.38 bits per heavy atom. The van der Waals surface area contributed by atoms with Gasteiger partial charge in [-0.3, -0.25) is 4.79 Å². The number of nitrogens with one attached hydrogen (secondary N) is 2. The molecule has 21 heavy (non-hydrogen) atoms. The highest BCUT2D eigenvalue weighted by molar-refractivity contribution is 9.10. The lowest BCUT2D eigenvalue weighted by molar-refractivity contribution is -0.121. The van der Waals surface area contributed by atoms with Crippen LogP contribution in [0, 0.1) is 0 Å². The van der Waals surface area contributed by atoms with Crippen LogP contribution in [0.5, 0.6) is 0 Å². The molecule has 2 aromatic heterocycles. The van der Waals surface area contributed by atoms with Crippen molar-refractivity contribution < 1.29 is 4.79 Å². The Balaban J connectivity index is 0.00000161. The van der Waals surface area contributed by atoms with Crippen LogP contribution < -0.4 is 5.32 Å². The monoisotopic (exact) mass is 372 g/mol. The lowest BCUT2D eigenvalue weighted by Gasteiger charge is -2.14. The molecule has 2 N–H and O–H groups in total. The Morgan fingerprint density at radius 3 is 3.10 bits per heavy atom. The highest BCUT2D eigenvalue weighted by atomic mass is 79.9. The number of aromatic nitrogens is 3. The van der Waals surface area contributed by atoms with E-state index in [9.17, 15) is 4.79 Å². The Kier molecular flexibility index (Phi) is 5.58. The van der Waals surface area contributed by atoms with Gasteiger partial charge in [-0.15, -0.1) is 12.4 Å². The summed E-state index contributed by atoms with van der Waals surface area (Å²) in [6.07, 6.45) is 7.36. The van der Waals surface area contributed by atoms with E-state index in [-0.39, 0.29) is 24.4 Å². The smallest absolute Gasteiger partial charge is 0.220 e. The first kappa shape index (κ1) is 16.2. The number of carbonyl (C=O) groups excluding carboxylic acids is 1. The predicted molar refractivity (Wildman–Crippen MR) is 87.6 cm³/mol. The maximum atomic E-state index is 11.5. The maximum absolute atomic E-state index is 11.5. The minimum absolute atomic E-state index is 0. The first-order valence-corrected chi connectivity index (χ1v) is 7.79. The Hall–Kier alpha value is -1.14. The number of halogens is 2. The van der Waals surface area contributed by atoms with Crippen molar-refractivity contribution in [2.45, 2.75) is 44.6 Å². The molecule has 2 aromatic rings. The SMILES string of the molecule is Cl.O=C1CCCC[C@H](CCc2nc3ncc(Br)cc3[nH]2)N1. The molecule has 114 valence electrons. The molecule has 0 aliphatic carbocycles. The summed E-state index contributed by atoms with van der Waals surface area (Å²) in [5.74, 6) is 1.12. The van der Waals surface area contributed by atoms with Gasteiger partial charge in [0.05, 0.1) is 5.52 Å². The second-order valence-electron chi connectivity index (χ2n) is 5.26. The summed E-state index contributed by atoms with van der Waals surface area (Å²) < 4.78 is 0.941. The molecular weight excluding hydrogens is 356 g/mol. The largest absolute Gasteiger partial charge is 0.353 e. The van der Waals surface area contributed by atoms with Gasteiger partial charge in [0.2, 0.25) is 5.91 Å². The van der Waals surface area contributed by atoms with Gasteiger partial charge in [0.1, 0.15) is 5.82 Å². The number of pyridine rings is 1. The number of aromatic amines is 1. The lowest BCUT2D eigenvalue weighted by Crippen LogP contribution is -2.33. The Bertz CT molecular complexity index is 630. The van der Waals surface area contributed by atoms with E-state index in [0.29, 0.717) is 6.42 Å². The number of carbonyl (C=O) groups is 1. The molecule has 1 aliphatic rings. The van der Waals surface area contributed by atoms with E-state index >= 15 is 0 Å². The van der Waals surface area contributed by atoms with Gasteiger partial charge in [0, 0.05) is 29.6 Å².